The van der Waals surface area contributed by atoms with Gasteiger partial charge in [0, 0.05) is 11.1 Å². The zero-order valence-corrected chi connectivity index (χ0v) is 13.5. The Labute approximate surface area is 128 Å². The highest BCUT2D eigenvalue weighted by Crippen LogP contribution is 2.30. The maximum atomic E-state index is 5.99. The molecule has 1 aliphatic rings. The molecule has 1 aromatic rings. The fraction of sp³-hybridized carbons (Fsp3) is 0.647. The van der Waals surface area contributed by atoms with Gasteiger partial charge < -0.3 is 5.32 Å². The average molecular weight is 295 g/mol. The van der Waals surface area contributed by atoms with Crippen LogP contribution < -0.4 is 5.32 Å². The van der Waals surface area contributed by atoms with Gasteiger partial charge in [0.15, 0.2) is 0 Å². The van der Waals surface area contributed by atoms with Crippen molar-refractivity contribution >= 4 is 11.6 Å². The van der Waals surface area contributed by atoms with Gasteiger partial charge in [0.25, 0.3) is 0 Å². The second kappa shape index (κ2) is 8.02. The molecule has 1 unspecified atom stereocenters. The van der Waals surface area contributed by atoms with Crippen molar-refractivity contribution in [1.82, 2.24) is 10.2 Å². The largest absolute Gasteiger partial charge is 0.320 e. The van der Waals surface area contributed by atoms with Crippen LogP contribution in [0.25, 0.3) is 0 Å². The summed E-state index contributed by atoms with van der Waals surface area (Å²) >= 11 is 5.99. The second-order valence-corrected chi connectivity index (χ2v) is 6.28. The molecule has 1 aromatic carbocycles. The van der Waals surface area contributed by atoms with Gasteiger partial charge in [-0.2, -0.15) is 0 Å². The van der Waals surface area contributed by atoms with Gasteiger partial charge in [-0.05, 0) is 76.0 Å². The van der Waals surface area contributed by atoms with E-state index in [4.69, 9.17) is 11.6 Å². The summed E-state index contributed by atoms with van der Waals surface area (Å²) in [6.07, 6.45) is 5.17. The lowest BCUT2D eigenvalue weighted by atomic mass is 9.91. The Morgan fingerprint density at radius 2 is 1.90 bits per heavy atom. The number of nitrogens with one attached hydrogen (secondary N) is 1. The molecule has 0 aromatic heterocycles. The molecule has 1 aliphatic heterocycles. The topological polar surface area (TPSA) is 15.3 Å². The zero-order chi connectivity index (χ0) is 14.4. The van der Waals surface area contributed by atoms with Crippen molar-refractivity contribution in [2.75, 3.05) is 26.7 Å². The molecule has 1 saturated heterocycles. The van der Waals surface area contributed by atoms with Crippen LogP contribution in [0, 0.1) is 5.92 Å². The summed E-state index contributed by atoms with van der Waals surface area (Å²) in [7, 11) is 2.04. The normalized spacial score (nSPS) is 19.1. The van der Waals surface area contributed by atoms with E-state index in [0.29, 0.717) is 6.04 Å². The van der Waals surface area contributed by atoms with Crippen LogP contribution in [0.2, 0.25) is 5.02 Å². The molecule has 1 heterocycles. The minimum absolute atomic E-state index is 0.553. The van der Waals surface area contributed by atoms with Crippen LogP contribution in [0.1, 0.15) is 44.2 Å². The number of piperidine rings is 1. The lowest BCUT2D eigenvalue weighted by molar-refractivity contribution is 0.126. The molecule has 0 amide bonds. The Bertz CT molecular complexity index is 382. The third-order valence-corrected chi connectivity index (χ3v) is 4.79. The maximum Gasteiger partial charge on any atom is 0.0406 e. The molecule has 1 fully saturated rings. The Morgan fingerprint density at radius 1 is 1.25 bits per heavy atom. The van der Waals surface area contributed by atoms with E-state index in [1.807, 2.05) is 19.2 Å². The molecule has 1 N–H and O–H groups in total. The molecule has 2 rings (SSSR count). The van der Waals surface area contributed by atoms with E-state index in [0.717, 1.165) is 17.5 Å². The van der Waals surface area contributed by atoms with Crippen molar-refractivity contribution in [3.05, 3.63) is 34.9 Å². The molecule has 0 saturated carbocycles. The lowest BCUT2D eigenvalue weighted by Crippen LogP contribution is -2.37. The first-order valence-electron chi connectivity index (χ1n) is 7.88. The first kappa shape index (κ1) is 15.8. The van der Waals surface area contributed by atoms with E-state index in [1.54, 1.807) is 0 Å². The Hall–Kier alpha value is -0.570. The maximum absolute atomic E-state index is 5.99. The SMILES string of the molecule is CCC(c1ccc(Cl)cc1)N1CCC(CCNC)CC1. The molecular formula is C17H27ClN2. The first-order chi connectivity index (χ1) is 9.74. The zero-order valence-electron chi connectivity index (χ0n) is 12.7. The summed E-state index contributed by atoms with van der Waals surface area (Å²) in [6, 6.07) is 8.95. The predicted molar refractivity (Wildman–Crippen MR) is 87.3 cm³/mol. The highest BCUT2D eigenvalue weighted by atomic mass is 35.5. The van der Waals surface area contributed by atoms with E-state index in [9.17, 15) is 0 Å². The number of halogens is 1. The predicted octanol–water partition coefficient (Wildman–Crippen LogP) is 4.11. The van der Waals surface area contributed by atoms with E-state index in [2.05, 4.69) is 29.3 Å². The number of benzene rings is 1. The fourth-order valence-corrected chi connectivity index (χ4v) is 3.42. The summed E-state index contributed by atoms with van der Waals surface area (Å²) in [5, 5.41) is 4.09. The number of hydrogen-bond acceptors (Lipinski definition) is 2. The molecule has 0 spiro atoms. The van der Waals surface area contributed by atoms with E-state index < -0.39 is 0 Å². The van der Waals surface area contributed by atoms with Crippen molar-refractivity contribution in [2.24, 2.45) is 5.92 Å². The highest BCUT2D eigenvalue weighted by molar-refractivity contribution is 6.30. The van der Waals surface area contributed by atoms with E-state index >= 15 is 0 Å². The van der Waals surface area contributed by atoms with Gasteiger partial charge in [0.1, 0.15) is 0 Å². The van der Waals surface area contributed by atoms with E-state index in [1.165, 1.54) is 44.3 Å². The highest BCUT2D eigenvalue weighted by Gasteiger charge is 2.24. The summed E-state index contributed by atoms with van der Waals surface area (Å²) in [5.74, 6) is 0.904. The summed E-state index contributed by atoms with van der Waals surface area (Å²) in [6.45, 7) is 5.90. The third-order valence-electron chi connectivity index (χ3n) is 4.53. The van der Waals surface area contributed by atoms with Gasteiger partial charge in [0.05, 0.1) is 0 Å². The quantitative estimate of drug-likeness (QED) is 0.849. The molecule has 3 heteroatoms. The number of nitrogens with zero attached hydrogens (tertiary/aromatic N) is 1. The molecule has 0 bridgehead atoms. The fourth-order valence-electron chi connectivity index (χ4n) is 3.29. The molecule has 20 heavy (non-hydrogen) atoms. The van der Waals surface area contributed by atoms with Gasteiger partial charge in [-0.25, -0.2) is 0 Å². The van der Waals surface area contributed by atoms with Gasteiger partial charge in [-0.1, -0.05) is 30.7 Å². The standard InChI is InChI=1S/C17H27ClN2/c1-3-17(15-4-6-16(18)7-5-15)20-12-9-14(10-13-20)8-11-19-2/h4-7,14,17,19H,3,8-13H2,1-2H3. The molecule has 2 nitrogen and oxygen atoms in total. The summed E-state index contributed by atoms with van der Waals surface area (Å²) < 4.78 is 0. The summed E-state index contributed by atoms with van der Waals surface area (Å²) in [5.41, 5.74) is 1.41. The monoisotopic (exact) mass is 294 g/mol. The van der Waals surface area contributed by atoms with Crippen LogP contribution in [-0.2, 0) is 0 Å². The van der Waals surface area contributed by atoms with E-state index in [-0.39, 0.29) is 0 Å². The van der Waals surface area contributed by atoms with Crippen LogP contribution in [-0.4, -0.2) is 31.6 Å². The van der Waals surface area contributed by atoms with Crippen LogP contribution in [0.3, 0.4) is 0 Å². The van der Waals surface area contributed by atoms with Crippen LogP contribution in [0.15, 0.2) is 24.3 Å². The number of likely N-dealkylation sites (tertiary alicyclic amines) is 1. The molecular weight excluding hydrogens is 268 g/mol. The van der Waals surface area contributed by atoms with Crippen molar-refractivity contribution in [1.29, 1.82) is 0 Å². The van der Waals surface area contributed by atoms with Crippen LogP contribution in [0.5, 0.6) is 0 Å². The average Bonchev–Trinajstić information content (AvgIpc) is 2.49. The van der Waals surface area contributed by atoms with Crippen molar-refractivity contribution in [2.45, 2.75) is 38.6 Å². The van der Waals surface area contributed by atoms with Crippen molar-refractivity contribution in [3.8, 4) is 0 Å². The lowest BCUT2D eigenvalue weighted by Gasteiger charge is -2.37. The molecule has 1 atom stereocenters. The summed E-state index contributed by atoms with van der Waals surface area (Å²) in [4.78, 5) is 2.65. The Balaban J connectivity index is 1.91. The minimum atomic E-state index is 0.553. The molecule has 0 aliphatic carbocycles. The molecule has 112 valence electrons. The minimum Gasteiger partial charge on any atom is -0.320 e. The Morgan fingerprint density at radius 3 is 2.45 bits per heavy atom. The smallest absolute Gasteiger partial charge is 0.0406 e. The number of hydrogen-bond donors (Lipinski definition) is 1. The van der Waals surface area contributed by atoms with Gasteiger partial charge >= 0.3 is 0 Å². The van der Waals surface area contributed by atoms with Crippen molar-refractivity contribution < 1.29 is 0 Å². The van der Waals surface area contributed by atoms with Crippen molar-refractivity contribution in [3.63, 3.8) is 0 Å². The molecule has 0 radical (unpaired) electrons. The first-order valence-corrected chi connectivity index (χ1v) is 8.26. The number of rotatable bonds is 6. The van der Waals surface area contributed by atoms with Crippen LogP contribution in [0.4, 0.5) is 0 Å². The van der Waals surface area contributed by atoms with Gasteiger partial charge in [-0.15, -0.1) is 0 Å². The van der Waals surface area contributed by atoms with Gasteiger partial charge in [-0.3, -0.25) is 4.90 Å². The second-order valence-electron chi connectivity index (χ2n) is 5.85. The third kappa shape index (κ3) is 4.21. The van der Waals surface area contributed by atoms with Gasteiger partial charge in [0.2, 0.25) is 0 Å². The van der Waals surface area contributed by atoms with Crippen LogP contribution >= 0.6 is 11.6 Å². The Kier molecular flexibility index (Phi) is 6.34.